The fourth-order valence-electron chi connectivity index (χ4n) is 1.44. The van der Waals surface area contributed by atoms with Gasteiger partial charge in [0.2, 0.25) is 0 Å². The average Bonchev–Trinajstić information content (AvgIpc) is 2.02. The second kappa shape index (κ2) is 6.30. The Hall–Kier alpha value is -0.220. The molecule has 1 atom stereocenters. The lowest BCUT2D eigenvalue weighted by atomic mass is 10.1. The van der Waals surface area contributed by atoms with E-state index in [1.807, 2.05) is 0 Å². The van der Waals surface area contributed by atoms with Gasteiger partial charge in [-0.1, -0.05) is 20.3 Å². The van der Waals surface area contributed by atoms with Crippen molar-refractivity contribution in [3.05, 3.63) is 0 Å². The second-order valence-corrected chi connectivity index (χ2v) is 4.10. The quantitative estimate of drug-likeness (QED) is 0.686. The molecule has 0 saturated carbocycles. The third kappa shape index (κ3) is 6.27. The Morgan fingerprint density at radius 2 is 2.00 bits per heavy atom. The minimum absolute atomic E-state index is 0.168. The maximum absolute atomic E-state index is 13.1. The van der Waals surface area contributed by atoms with E-state index in [9.17, 15) is 8.78 Å². The maximum atomic E-state index is 13.1. The molecule has 0 rings (SSSR count). The van der Waals surface area contributed by atoms with E-state index in [-0.39, 0.29) is 13.1 Å². The first-order valence-corrected chi connectivity index (χ1v) is 5.12. The molecule has 2 nitrogen and oxygen atoms in total. The van der Waals surface area contributed by atoms with Gasteiger partial charge in [0.15, 0.2) is 0 Å². The highest BCUT2D eigenvalue weighted by Gasteiger charge is 2.29. The van der Waals surface area contributed by atoms with E-state index in [1.165, 1.54) is 0 Å². The van der Waals surface area contributed by atoms with E-state index in [0.29, 0.717) is 5.92 Å². The van der Waals surface area contributed by atoms with Gasteiger partial charge in [-0.2, -0.15) is 0 Å². The van der Waals surface area contributed by atoms with Crippen LogP contribution in [-0.4, -0.2) is 44.6 Å². The summed E-state index contributed by atoms with van der Waals surface area (Å²) in [5.41, 5.74) is 0. The zero-order valence-corrected chi connectivity index (χ0v) is 9.61. The Kier molecular flexibility index (Phi) is 6.20. The normalized spacial score (nSPS) is 14.8. The van der Waals surface area contributed by atoms with E-state index >= 15 is 0 Å². The Balaban J connectivity index is 3.85. The van der Waals surface area contributed by atoms with Gasteiger partial charge < -0.3 is 10.2 Å². The van der Waals surface area contributed by atoms with Crippen LogP contribution in [0.3, 0.4) is 0 Å². The molecule has 0 aromatic rings. The van der Waals surface area contributed by atoms with Gasteiger partial charge in [-0.3, -0.25) is 0 Å². The number of halogens is 2. The number of alkyl halides is 2. The fourth-order valence-corrected chi connectivity index (χ4v) is 1.44. The zero-order valence-electron chi connectivity index (χ0n) is 9.61. The monoisotopic (exact) mass is 208 g/mol. The molecule has 0 saturated heterocycles. The van der Waals surface area contributed by atoms with Crippen molar-refractivity contribution in [2.75, 3.05) is 33.7 Å². The molecule has 14 heavy (non-hydrogen) atoms. The SMILES string of the molecule is CCC(C)CN(C)CC(F)(F)CNC. The van der Waals surface area contributed by atoms with Crippen LogP contribution in [0.4, 0.5) is 8.78 Å². The average molecular weight is 208 g/mol. The van der Waals surface area contributed by atoms with Gasteiger partial charge in [0.25, 0.3) is 5.92 Å². The fraction of sp³-hybridized carbons (Fsp3) is 1.00. The summed E-state index contributed by atoms with van der Waals surface area (Å²) in [6.45, 7) is 4.46. The van der Waals surface area contributed by atoms with Crippen LogP contribution in [-0.2, 0) is 0 Å². The highest BCUT2D eigenvalue weighted by atomic mass is 19.3. The topological polar surface area (TPSA) is 15.3 Å². The molecule has 0 bridgehead atoms. The van der Waals surface area contributed by atoms with Crippen molar-refractivity contribution in [1.82, 2.24) is 10.2 Å². The molecule has 0 aliphatic heterocycles. The van der Waals surface area contributed by atoms with Crippen molar-refractivity contribution >= 4 is 0 Å². The first-order valence-electron chi connectivity index (χ1n) is 5.12. The van der Waals surface area contributed by atoms with E-state index in [4.69, 9.17) is 0 Å². The molecule has 0 aliphatic rings. The first kappa shape index (κ1) is 13.8. The minimum Gasteiger partial charge on any atom is -0.314 e. The summed E-state index contributed by atoms with van der Waals surface area (Å²) < 4.78 is 26.2. The number of nitrogens with one attached hydrogen (secondary N) is 1. The van der Waals surface area contributed by atoms with Crippen molar-refractivity contribution in [2.24, 2.45) is 5.92 Å². The van der Waals surface area contributed by atoms with Gasteiger partial charge in [0, 0.05) is 6.54 Å². The Morgan fingerprint density at radius 3 is 2.43 bits per heavy atom. The Bertz CT molecular complexity index is 151. The number of hydrogen-bond acceptors (Lipinski definition) is 2. The van der Waals surface area contributed by atoms with E-state index in [0.717, 1.165) is 13.0 Å². The van der Waals surface area contributed by atoms with Crippen molar-refractivity contribution in [2.45, 2.75) is 26.2 Å². The standard InChI is InChI=1S/C10H22F2N2/c1-5-9(2)6-14(4)8-10(11,12)7-13-3/h9,13H,5-8H2,1-4H3. The summed E-state index contributed by atoms with van der Waals surface area (Å²) in [5.74, 6) is -2.15. The summed E-state index contributed by atoms with van der Waals surface area (Å²) in [6.07, 6.45) is 1.03. The minimum atomic E-state index is -2.63. The molecule has 0 spiro atoms. The van der Waals surface area contributed by atoms with Crippen LogP contribution in [0.5, 0.6) is 0 Å². The van der Waals surface area contributed by atoms with Gasteiger partial charge in [-0.05, 0) is 20.0 Å². The van der Waals surface area contributed by atoms with Crippen LogP contribution < -0.4 is 5.32 Å². The van der Waals surface area contributed by atoms with Crippen molar-refractivity contribution in [1.29, 1.82) is 0 Å². The summed E-state index contributed by atoms with van der Waals surface area (Å²) in [7, 11) is 3.29. The van der Waals surface area contributed by atoms with Gasteiger partial charge in [-0.25, -0.2) is 8.78 Å². The van der Waals surface area contributed by atoms with Crippen molar-refractivity contribution in [3.63, 3.8) is 0 Å². The van der Waals surface area contributed by atoms with Gasteiger partial charge in [0.05, 0.1) is 13.1 Å². The molecule has 86 valence electrons. The summed E-state index contributed by atoms with van der Waals surface area (Å²) in [5, 5.41) is 2.50. The summed E-state index contributed by atoms with van der Waals surface area (Å²) >= 11 is 0. The van der Waals surface area contributed by atoms with Crippen LogP contribution in [0.1, 0.15) is 20.3 Å². The maximum Gasteiger partial charge on any atom is 0.272 e. The highest BCUT2D eigenvalue weighted by molar-refractivity contribution is 4.73. The molecule has 0 aromatic carbocycles. The summed E-state index contributed by atoms with van der Waals surface area (Å²) in [6, 6.07) is 0. The molecule has 4 heteroatoms. The lowest BCUT2D eigenvalue weighted by molar-refractivity contribution is -0.0256. The molecule has 0 heterocycles. The number of nitrogens with zero attached hydrogens (tertiary/aromatic N) is 1. The lowest BCUT2D eigenvalue weighted by Crippen LogP contribution is -2.42. The van der Waals surface area contributed by atoms with Crippen molar-refractivity contribution < 1.29 is 8.78 Å². The smallest absolute Gasteiger partial charge is 0.272 e. The predicted octanol–water partition coefficient (Wildman–Crippen LogP) is 1.82. The lowest BCUT2D eigenvalue weighted by Gasteiger charge is -2.25. The zero-order chi connectivity index (χ0) is 11.2. The summed E-state index contributed by atoms with van der Waals surface area (Å²) in [4.78, 5) is 1.70. The largest absolute Gasteiger partial charge is 0.314 e. The Morgan fingerprint density at radius 1 is 1.43 bits per heavy atom. The van der Waals surface area contributed by atoms with Crippen LogP contribution in [0.2, 0.25) is 0 Å². The van der Waals surface area contributed by atoms with Crippen LogP contribution in [0, 0.1) is 5.92 Å². The third-order valence-corrected chi connectivity index (χ3v) is 2.26. The molecule has 1 N–H and O–H groups in total. The second-order valence-electron chi connectivity index (χ2n) is 4.10. The highest BCUT2D eigenvalue weighted by Crippen LogP contribution is 2.14. The van der Waals surface area contributed by atoms with Gasteiger partial charge >= 0.3 is 0 Å². The molecule has 0 fully saturated rings. The van der Waals surface area contributed by atoms with E-state index < -0.39 is 5.92 Å². The van der Waals surface area contributed by atoms with Gasteiger partial charge in [-0.15, -0.1) is 0 Å². The number of hydrogen-bond donors (Lipinski definition) is 1. The van der Waals surface area contributed by atoms with Crippen LogP contribution in [0.25, 0.3) is 0 Å². The van der Waals surface area contributed by atoms with Gasteiger partial charge in [0.1, 0.15) is 0 Å². The molecule has 0 aliphatic carbocycles. The first-order chi connectivity index (χ1) is 6.41. The predicted molar refractivity (Wildman–Crippen MR) is 55.8 cm³/mol. The Labute approximate surface area is 85.7 Å². The number of rotatable bonds is 7. The molecular formula is C10H22F2N2. The third-order valence-electron chi connectivity index (χ3n) is 2.26. The molecule has 1 unspecified atom stereocenters. The molecule has 0 amide bonds. The van der Waals surface area contributed by atoms with E-state index in [1.54, 1.807) is 19.0 Å². The van der Waals surface area contributed by atoms with Crippen molar-refractivity contribution in [3.8, 4) is 0 Å². The molecule has 0 radical (unpaired) electrons. The molecule has 0 aromatic heterocycles. The van der Waals surface area contributed by atoms with Crippen LogP contribution in [0.15, 0.2) is 0 Å². The molecular weight excluding hydrogens is 186 g/mol. The van der Waals surface area contributed by atoms with Crippen LogP contribution >= 0.6 is 0 Å². The van der Waals surface area contributed by atoms with E-state index in [2.05, 4.69) is 19.2 Å².